The third kappa shape index (κ3) is 4.35. The first-order valence-corrected chi connectivity index (χ1v) is 10.6. The molecule has 0 radical (unpaired) electrons. The number of allylic oxidation sites excluding steroid dienone is 1. The van der Waals surface area contributed by atoms with Crippen LogP contribution in [0.25, 0.3) is 10.9 Å². The van der Waals surface area contributed by atoms with E-state index in [2.05, 4.69) is 34.6 Å². The van der Waals surface area contributed by atoms with Crippen LogP contribution in [0.2, 0.25) is 5.02 Å². The highest BCUT2D eigenvalue weighted by Crippen LogP contribution is 2.40. The summed E-state index contributed by atoms with van der Waals surface area (Å²) >= 11 is 5.93. The van der Waals surface area contributed by atoms with Crippen LogP contribution >= 0.6 is 11.6 Å². The van der Waals surface area contributed by atoms with Crippen LogP contribution in [0.1, 0.15) is 44.1 Å². The van der Waals surface area contributed by atoms with Crippen LogP contribution in [0, 0.1) is 5.92 Å². The second-order valence-electron chi connectivity index (χ2n) is 7.67. The zero-order chi connectivity index (χ0) is 20.2. The summed E-state index contributed by atoms with van der Waals surface area (Å²) in [6.07, 6.45) is 8.11. The molecule has 4 heteroatoms. The zero-order valence-electron chi connectivity index (χ0n) is 16.6. The number of anilines is 1. The monoisotopic (exact) mass is 404 g/mol. The van der Waals surface area contributed by atoms with Crippen LogP contribution in [0.4, 0.5) is 5.69 Å². The van der Waals surface area contributed by atoms with Crippen molar-refractivity contribution in [1.29, 1.82) is 0 Å². The maximum absolute atomic E-state index is 12.8. The van der Waals surface area contributed by atoms with Gasteiger partial charge in [-0.2, -0.15) is 0 Å². The predicted octanol–water partition coefficient (Wildman–Crippen LogP) is 6.75. The summed E-state index contributed by atoms with van der Waals surface area (Å²) < 4.78 is 0. The zero-order valence-corrected chi connectivity index (χ0v) is 17.3. The molecule has 0 bridgehead atoms. The van der Waals surface area contributed by atoms with Gasteiger partial charge >= 0.3 is 0 Å². The Morgan fingerprint density at radius 1 is 1.03 bits per heavy atom. The summed E-state index contributed by atoms with van der Waals surface area (Å²) in [5.74, 6) is 0.820. The van der Waals surface area contributed by atoms with Gasteiger partial charge in [0, 0.05) is 27.9 Å². The lowest BCUT2D eigenvalue weighted by atomic mass is 9.75. The number of halogens is 1. The normalized spacial score (nSPS) is 19.9. The minimum absolute atomic E-state index is 0.00682. The fourth-order valence-corrected chi connectivity index (χ4v) is 4.60. The molecule has 0 spiro atoms. The van der Waals surface area contributed by atoms with Crippen molar-refractivity contribution in [1.82, 2.24) is 4.98 Å². The second-order valence-corrected chi connectivity index (χ2v) is 8.11. The number of aromatic nitrogens is 1. The molecule has 1 aromatic heterocycles. The van der Waals surface area contributed by atoms with Crippen molar-refractivity contribution in [2.24, 2.45) is 5.92 Å². The second kappa shape index (κ2) is 8.79. The Morgan fingerprint density at radius 2 is 1.76 bits per heavy atom. The van der Waals surface area contributed by atoms with Crippen LogP contribution < -0.4 is 5.32 Å². The van der Waals surface area contributed by atoms with Gasteiger partial charge in [-0.15, -0.1) is 0 Å². The Balaban J connectivity index is 1.44. The Bertz CT molecular complexity index is 1030. The highest BCUT2D eigenvalue weighted by Gasteiger charge is 2.28. The summed E-state index contributed by atoms with van der Waals surface area (Å²) in [6, 6.07) is 17.8. The Kier molecular flexibility index (Phi) is 5.96. The maximum Gasteiger partial charge on any atom is 0.251 e. The molecule has 1 N–H and O–H groups in total. The first kappa shape index (κ1) is 19.7. The van der Waals surface area contributed by atoms with E-state index in [-0.39, 0.29) is 5.91 Å². The molecule has 1 aliphatic carbocycles. The molecule has 1 aliphatic rings. The van der Waals surface area contributed by atoms with Gasteiger partial charge in [-0.25, -0.2) is 0 Å². The SMILES string of the molecule is C/C=C(/C(=O)Nc1ccc(Cl)cc1)C1CCC(c2ccnc3ccccc23)CC1. The van der Waals surface area contributed by atoms with E-state index in [9.17, 15) is 4.79 Å². The van der Waals surface area contributed by atoms with Gasteiger partial charge in [0.05, 0.1) is 5.52 Å². The molecule has 148 valence electrons. The lowest BCUT2D eigenvalue weighted by molar-refractivity contribution is -0.113. The molecular weight excluding hydrogens is 380 g/mol. The van der Waals surface area contributed by atoms with E-state index in [4.69, 9.17) is 11.6 Å². The summed E-state index contributed by atoms with van der Waals surface area (Å²) in [5.41, 5.74) is 4.11. The molecule has 3 nitrogen and oxygen atoms in total. The first-order valence-electron chi connectivity index (χ1n) is 10.2. The lowest BCUT2D eigenvalue weighted by Crippen LogP contribution is -2.24. The van der Waals surface area contributed by atoms with Crippen LogP contribution in [0.15, 0.2) is 72.4 Å². The molecule has 1 amide bonds. The fraction of sp³-hybridized carbons (Fsp3) is 0.280. The number of fused-ring (bicyclic) bond motifs is 1. The highest BCUT2D eigenvalue weighted by molar-refractivity contribution is 6.30. The molecule has 2 aromatic carbocycles. The van der Waals surface area contributed by atoms with Crippen molar-refractivity contribution >= 4 is 34.1 Å². The lowest BCUT2D eigenvalue weighted by Gasteiger charge is -2.30. The molecule has 4 rings (SSSR count). The largest absolute Gasteiger partial charge is 0.322 e. The number of hydrogen-bond acceptors (Lipinski definition) is 2. The number of nitrogens with zero attached hydrogens (tertiary/aromatic N) is 1. The number of rotatable bonds is 4. The Hall–Kier alpha value is -2.65. The van der Waals surface area contributed by atoms with Gasteiger partial charge in [-0.3, -0.25) is 9.78 Å². The molecule has 1 heterocycles. The number of carbonyl (C=O) groups is 1. The van der Waals surface area contributed by atoms with Crippen molar-refractivity contribution < 1.29 is 4.79 Å². The number of pyridine rings is 1. The molecular formula is C25H25ClN2O. The standard InChI is InChI=1S/C25H25ClN2O/c1-2-21(25(29)28-20-13-11-19(26)12-14-20)17-7-9-18(10-8-17)22-15-16-27-24-6-4-3-5-23(22)24/h2-6,11-18H,7-10H2,1H3,(H,28,29)/b21-2+. The number of benzene rings is 2. The first-order chi connectivity index (χ1) is 14.2. The molecule has 29 heavy (non-hydrogen) atoms. The molecule has 3 aromatic rings. The van der Waals surface area contributed by atoms with Gasteiger partial charge in [-0.05, 0) is 86.4 Å². The number of hydrogen-bond donors (Lipinski definition) is 1. The average molecular weight is 405 g/mol. The van der Waals surface area contributed by atoms with Crippen molar-refractivity contribution in [3.63, 3.8) is 0 Å². The van der Waals surface area contributed by atoms with E-state index < -0.39 is 0 Å². The van der Waals surface area contributed by atoms with Gasteiger partial charge in [-0.1, -0.05) is 35.9 Å². The number of amides is 1. The third-order valence-electron chi connectivity index (χ3n) is 5.96. The van der Waals surface area contributed by atoms with Crippen molar-refractivity contribution in [2.45, 2.75) is 38.5 Å². The van der Waals surface area contributed by atoms with Gasteiger partial charge in [0.15, 0.2) is 0 Å². The molecule has 1 fully saturated rings. The van der Waals surface area contributed by atoms with E-state index in [1.54, 1.807) is 12.1 Å². The van der Waals surface area contributed by atoms with Gasteiger partial charge in [0.1, 0.15) is 0 Å². The van der Waals surface area contributed by atoms with Crippen molar-refractivity contribution in [3.05, 3.63) is 83.0 Å². The minimum atomic E-state index is -0.00682. The molecule has 0 atom stereocenters. The van der Waals surface area contributed by atoms with E-state index in [0.29, 0.717) is 16.9 Å². The van der Waals surface area contributed by atoms with E-state index >= 15 is 0 Å². The maximum atomic E-state index is 12.8. The van der Waals surface area contributed by atoms with E-state index in [0.717, 1.165) is 42.5 Å². The summed E-state index contributed by atoms with van der Waals surface area (Å²) in [5, 5.41) is 4.93. The number of para-hydroxylation sites is 1. The number of nitrogens with one attached hydrogen (secondary N) is 1. The summed E-state index contributed by atoms with van der Waals surface area (Å²) in [4.78, 5) is 17.3. The number of carbonyl (C=O) groups excluding carboxylic acids is 1. The topological polar surface area (TPSA) is 42.0 Å². The van der Waals surface area contributed by atoms with Gasteiger partial charge < -0.3 is 5.32 Å². The predicted molar refractivity (Wildman–Crippen MR) is 120 cm³/mol. The average Bonchev–Trinajstić information content (AvgIpc) is 2.76. The van der Waals surface area contributed by atoms with E-state index in [1.807, 2.05) is 37.4 Å². The van der Waals surface area contributed by atoms with Gasteiger partial charge in [0.2, 0.25) is 0 Å². The van der Waals surface area contributed by atoms with Crippen LogP contribution in [0.3, 0.4) is 0 Å². The van der Waals surface area contributed by atoms with Crippen LogP contribution in [-0.2, 0) is 4.79 Å². The van der Waals surface area contributed by atoms with Crippen LogP contribution in [0.5, 0.6) is 0 Å². The molecule has 0 aliphatic heterocycles. The van der Waals surface area contributed by atoms with Crippen molar-refractivity contribution in [3.8, 4) is 0 Å². The Morgan fingerprint density at radius 3 is 2.48 bits per heavy atom. The highest BCUT2D eigenvalue weighted by atomic mass is 35.5. The van der Waals surface area contributed by atoms with Crippen molar-refractivity contribution in [2.75, 3.05) is 5.32 Å². The third-order valence-corrected chi connectivity index (χ3v) is 6.22. The molecule has 1 saturated carbocycles. The molecule has 0 unspecified atom stereocenters. The summed E-state index contributed by atoms with van der Waals surface area (Å²) in [7, 11) is 0. The van der Waals surface area contributed by atoms with Crippen LogP contribution in [-0.4, -0.2) is 10.9 Å². The minimum Gasteiger partial charge on any atom is -0.322 e. The van der Waals surface area contributed by atoms with E-state index in [1.165, 1.54) is 10.9 Å². The fourth-order valence-electron chi connectivity index (χ4n) is 4.48. The smallest absolute Gasteiger partial charge is 0.251 e. The van der Waals surface area contributed by atoms with Gasteiger partial charge in [0.25, 0.3) is 5.91 Å². The Labute approximate surface area is 176 Å². The summed E-state index contributed by atoms with van der Waals surface area (Å²) in [6.45, 7) is 1.96. The molecule has 0 saturated heterocycles. The quantitative estimate of drug-likeness (QED) is 0.489.